The normalized spacial score (nSPS) is 13.2. The van der Waals surface area contributed by atoms with E-state index in [2.05, 4.69) is 9.97 Å². The van der Waals surface area contributed by atoms with Crippen molar-refractivity contribution in [3.63, 3.8) is 0 Å². The lowest BCUT2D eigenvalue weighted by molar-refractivity contribution is -0.159. The van der Waals surface area contributed by atoms with Gasteiger partial charge in [-0.3, -0.25) is 4.79 Å². The molecule has 0 aliphatic carbocycles. The zero-order chi connectivity index (χ0) is 12.9. The highest BCUT2D eigenvalue weighted by atomic mass is 16.6. The second-order valence-electron chi connectivity index (χ2n) is 4.87. The van der Waals surface area contributed by atoms with Gasteiger partial charge in [0, 0.05) is 24.9 Å². The molecular weight excluding hydrogens is 218 g/mol. The van der Waals surface area contributed by atoms with E-state index in [4.69, 9.17) is 10.5 Å². The zero-order valence-corrected chi connectivity index (χ0v) is 10.5. The maximum Gasteiger partial charge on any atom is 0.311 e. The van der Waals surface area contributed by atoms with Crippen molar-refractivity contribution >= 4 is 5.97 Å². The van der Waals surface area contributed by atoms with Gasteiger partial charge in [0.15, 0.2) is 0 Å². The fraction of sp³-hybridized carbons (Fsp3) is 0.583. The van der Waals surface area contributed by atoms with Crippen LogP contribution in [0.5, 0.6) is 0 Å². The van der Waals surface area contributed by atoms with Crippen LogP contribution >= 0.6 is 0 Å². The molecule has 0 aliphatic rings. The minimum Gasteiger partial charge on any atom is -0.460 e. The number of hydrogen-bond donors (Lipinski definition) is 1. The van der Waals surface area contributed by atoms with Gasteiger partial charge in [-0.25, -0.2) is 9.97 Å². The lowest BCUT2D eigenvalue weighted by Gasteiger charge is -2.23. The Labute approximate surface area is 101 Å². The van der Waals surface area contributed by atoms with Crippen LogP contribution in [0.25, 0.3) is 0 Å². The predicted molar refractivity (Wildman–Crippen MR) is 64.1 cm³/mol. The van der Waals surface area contributed by atoms with E-state index in [1.54, 1.807) is 12.3 Å². The predicted octanol–water partition coefficient (Wildman–Crippen LogP) is 0.936. The van der Waals surface area contributed by atoms with Gasteiger partial charge in [0.25, 0.3) is 0 Å². The van der Waals surface area contributed by atoms with E-state index < -0.39 is 5.60 Å². The minimum absolute atomic E-state index is 0.249. The van der Waals surface area contributed by atoms with Crippen molar-refractivity contribution in [1.82, 2.24) is 9.97 Å². The average Bonchev–Trinajstić information content (AvgIpc) is 2.24. The SMILES string of the molecule is CC(C)(C)OC(=O)C(CN)Cc1ccncn1. The lowest BCUT2D eigenvalue weighted by atomic mass is 10.0. The molecule has 0 saturated heterocycles. The Kier molecular flexibility index (Phi) is 4.57. The molecule has 0 fully saturated rings. The van der Waals surface area contributed by atoms with Crippen LogP contribution in [0.1, 0.15) is 26.5 Å². The molecule has 0 saturated carbocycles. The molecule has 0 amide bonds. The molecule has 1 rings (SSSR count). The highest BCUT2D eigenvalue weighted by molar-refractivity contribution is 5.73. The highest BCUT2D eigenvalue weighted by Crippen LogP contribution is 2.13. The van der Waals surface area contributed by atoms with Gasteiger partial charge in [-0.15, -0.1) is 0 Å². The monoisotopic (exact) mass is 237 g/mol. The Hall–Kier alpha value is -1.49. The number of nitrogens with two attached hydrogens (primary N) is 1. The first-order valence-electron chi connectivity index (χ1n) is 5.60. The number of ether oxygens (including phenoxy) is 1. The summed E-state index contributed by atoms with van der Waals surface area (Å²) in [6.07, 6.45) is 3.58. The molecular formula is C12H19N3O2. The van der Waals surface area contributed by atoms with Crippen LogP contribution in [-0.2, 0) is 16.0 Å². The van der Waals surface area contributed by atoms with Gasteiger partial charge >= 0.3 is 5.97 Å². The molecule has 1 heterocycles. The van der Waals surface area contributed by atoms with Gasteiger partial charge < -0.3 is 10.5 Å². The van der Waals surface area contributed by atoms with Crippen LogP contribution in [0.4, 0.5) is 0 Å². The van der Waals surface area contributed by atoms with E-state index >= 15 is 0 Å². The molecule has 1 unspecified atom stereocenters. The van der Waals surface area contributed by atoms with Gasteiger partial charge in [-0.2, -0.15) is 0 Å². The molecule has 5 nitrogen and oxygen atoms in total. The van der Waals surface area contributed by atoms with E-state index in [0.29, 0.717) is 6.42 Å². The highest BCUT2D eigenvalue weighted by Gasteiger charge is 2.24. The smallest absolute Gasteiger partial charge is 0.311 e. The molecule has 5 heteroatoms. The third kappa shape index (κ3) is 4.91. The molecule has 1 aromatic rings. The largest absolute Gasteiger partial charge is 0.460 e. The van der Waals surface area contributed by atoms with Crippen LogP contribution in [0.15, 0.2) is 18.6 Å². The van der Waals surface area contributed by atoms with Crippen LogP contribution in [0.3, 0.4) is 0 Å². The molecule has 0 bridgehead atoms. The number of esters is 1. The zero-order valence-electron chi connectivity index (χ0n) is 10.5. The van der Waals surface area contributed by atoms with Crippen molar-refractivity contribution in [3.8, 4) is 0 Å². The standard InChI is InChI=1S/C12H19N3O2/c1-12(2,3)17-11(16)9(7-13)6-10-4-5-14-8-15-10/h4-5,8-9H,6-7,13H2,1-3H3. The summed E-state index contributed by atoms with van der Waals surface area (Å²) in [5, 5.41) is 0. The van der Waals surface area contributed by atoms with E-state index in [-0.39, 0.29) is 18.4 Å². The fourth-order valence-electron chi connectivity index (χ4n) is 1.34. The minimum atomic E-state index is -0.490. The number of carbonyl (C=O) groups is 1. The third-order valence-corrected chi connectivity index (χ3v) is 2.12. The third-order valence-electron chi connectivity index (χ3n) is 2.12. The summed E-state index contributed by atoms with van der Waals surface area (Å²) >= 11 is 0. The van der Waals surface area contributed by atoms with Gasteiger partial charge in [0.05, 0.1) is 5.92 Å². The van der Waals surface area contributed by atoms with Crippen molar-refractivity contribution in [2.24, 2.45) is 11.7 Å². The Balaban J connectivity index is 2.63. The first-order chi connectivity index (χ1) is 7.92. The van der Waals surface area contributed by atoms with Crippen molar-refractivity contribution < 1.29 is 9.53 Å². The summed E-state index contributed by atoms with van der Waals surface area (Å²) in [4.78, 5) is 19.7. The maximum atomic E-state index is 11.8. The van der Waals surface area contributed by atoms with Gasteiger partial charge in [0.1, 0.15) is 11.9 Å². The van der Waals surface area contributed by atoms with E-state index in [1.165, 1.54) is 6.33 Å². The molecule has 0 aromatic carbocycles. The summed E-state index contributed by atoms with van der Waals surface area (Å²) in [5.74, 6) is -0.636. The number of aromatic nitrogens is 2. The molecule has 17 heavy (non-hydrogen) atoms. The molecule has 1 aromatic heterocycles. The van der Waals surface area contributed by atoms with E-state index in [9.17, 15) is 4.79 Å². The summed E-state index contributed by atoms with van der Waals surface area (Å²) in [7, 11) is 0. The summed E-state index contributed by atoms with van der Waals surface area (Å²) in [6.45, 7) is 5.76. The Morgan fingerprint density at radius 2 is 2.24 bits per heavy atom. The Morgan fingerprint density at radius 1 is 1.53 bits per heavy atom. The van der Waals surface area contributed by atoms with Crippen molar-refractivity contribution in [2.75, 3.05) is 6.54 Å². The second kappa shape index (κ2) is 5.72. The lowest BCUT2D eigenvalue weighted by Crippen LogP contribution is -2.33. The molecule has 2 N–H and O–H groups in total. The average molecular weight is 237 g/mol. The first-order valence-corrected chi connectivity index (χ1v) is 5.60. The van der Waals surface area contributed by atoms with Crippen molar-refractivity contribution in [2.45, 2.75) is 32.8 Å². The molecule has 94 valence electrons. The van der Waals surface area contributed by atoms with Gasteiger partial charge in [0.2, 0.25) is 0 Å². The van der Waals surface area contributed by atoms with Gasteiger partial charge in [-0.05, 0) is 26.8 Å². The molecule has 1 atom stereocenters. The fourth-order valence-corrected chi connectivity index (χ4v) is 1.34. The van der Waals surface area contributed by atoms with Gasteiger partial charge in [-0.1, -0.05) is 0 Å². The van der Waals surface area contributed by atoms with E-state index in [0.717, 1.165) is 5.69 Å². The van der Waals surface area contributed by atoms with E-state index in [1.807, 2.05) is 20.8 Å². The Morgan fingerprint density at radius 3 is 2.71 bits per heavy atom. The summed E-state index contributed by atoms with van der Waals surface area (Å²) in [5.41, 5.74) is 5.90. The number of nitrogens with zero attached hydrogens (tertiary/aromatic N) is 2. The Bertz CT molecular complexity index is 360. The number of hydrogen-bond acceptors (Lipinski definition) is 5. The first kappa shape index (κ1) is 13.6. The number of rotatable bonds is 4. The quantitative estimate of drug-likeness (QED) is 0.788. The van der Waals surface area contributed by atoms with Crippen LogP contribution in [0.2, 0.25) is 0 Å². The molecule has 0 radical (unpaired) electrons. The second-order valence-corrected chi connectivity index (χ2v) is 4.87. The summed E-state index contributed by atoms with van der Waals surface area (Å²) in [6, 6.07) is 1.77. The van der Waals surface area contributed by atoms with Crippen LogP contribution in [0, 0.1) is 5.92 Å². The maximum absolute atomic E-state index is 11.8. The van der Waals surface area contributed by atoms with Crippen LogP contribution < -0.4 is 5.73 Å². The topological polar surface area (TPSA) is 78.1 Å². The van der Waals surface area contributed by atoms with Crippen molar-refractivity contribution in [1.29, 1.82) is 0 Å². The summed E-state index contributed by atoms with van der Waals surface area (Å²) < 4.78 is 5.30. The molecule has 0 spiro atoms. The molecule has 0 aliphatic heterocycles. The van der Waals surface area contributed by atoms with Crippen molar-refractivity contribution in [3.05, 3.63) is 24.3 Å². The number of carbonyl (C=O) groups excluding carboxylic acids is 1. The van der Waals surface area contributed by atoms with Crippen LogP contribution in [-0.4, -0.2) is 28.1 Å².